The van der Waals surface area contributed by atoms with E-state index in [1.807, 2.05) is 49.4 Å². The van der Waals surface area contributed by atoms with Gasteiger partial charge in [0.2, 0.25) is 0 Å². The maximum absolute atomic E-state index is 13.6. The molecule has 4 N–H and O–H groups in total. The van der Waals surface area contributed by atoms with Gasteiger partial charge in [0.15, 0.2) is 0 Å². The Morgan fingerprint density at radius 1 is 1.14 bits per heavy atom. The van der Waals surface area contributed by atoms with Gasteiger partial charge in [0.25, 0.3) is 5.92 Å². The Morgan fingerprint density at radius 2 is 1.86 bits per heavy atom. The maximum atomic E-state index is 13.6. The lowest BCUT2D eigenvalue weighted by molar-refractivity contribution is -0.00606. The van der Waals surface area contributed by atoms with Crippen LogP contribution in [0.2, 0.25) is 0 Å². The molecule has 0 aliphatic heterocycles. The molecule has 6 heteroatoms. The highest BCUT2D eigenvalue weighted by atomic mass is 19.3. The van der Waals surface area contributed by atoms with Crippen molar-refractivity contribution in [2.75, 3.05) is 5.73 Å². The van der Waals surface area contributed by atoms with Gasteiger partial charge in [0.05, 0.1) is 11.2 Å². The first-order valence-corrected chi connectivity index (χ1v) is 9.15. The smallest absolute Gasteiger partial charge is 0.323 e. The monoisotopic (exact) mass is 381 g/mol. The van der Waals surface area contributed by atoms with Crippen LogP contribution in [0, 0.1) is 6.92 Å². The normalized spacial score (nSPS) is 16.2. The van der Waals surface area contributed by atoms with E-state index in [1.165, 1.54) is 10.6 Å². The van der Waals surface area contributed by atoms with Gasteiger partial charge in [-0.3, -0.25) is 4.57 Å². The van der Waals surface area contributed by atoms with Crippen LogP contribution in [-0.4, -0.2) is 16.5 Å². The van der Waals surface area contributed by atoms with Gasteiger partial charge >= 0.3 is 6.03 Å². The molecule has 1 aromatic heterocycles. The van der Waals surface area contributed by atoms with E-state index in [4.69, 9.17) is 11.5 Å². The lowest BCUT2D eigenvalue weighted by atomic mass is 9.93. The number of hydrogen-bond donors (Lipinski definition) is 2. The van der Waals surface area contributed by atoms with Gasteiger partial charge in [-0.1, -0.05) is 30.3 Å². The summed E-state index contributed by atoms with van der Waals surface area (Å²) >= 11 is 0. The predicted molar refractivity (Wildman–Crippen MR) is 108 cm³/mol. The van der Waals surface area contributed by atoms with Gasteiger partial charge < -0.3 is 11.5 Å². The molecule has 1 aliphatic carbocycles. The highest BCUT2D eigenvalue weighted by Gasteiger charge is 2.32. The molecule has 0 bridgehead atoms. The Kier molecular flexibility index (Phi) is 4.22. The summed E-state index contributed by atoms with van der Waals surface area (Å²) in [6.07, 6.45) is 1.15. The van der Waals surface area contributed by atoms with Crippen LogP contribution in [0.1, 0.15) is 30.5 Å². The van der Waals surface area contributed by atoms with Gasteiger partial charge in [-0.25, -0.2) is 13.6 Å². The topological polar surface area (TPSA) is 74.0 Å². The van der Waals surface area contributed by atoms with Crippen molar-refractivity contribution in [1.82, 2.24) is 4.57 Å². The Hall–Kier alpha value is -3.15. The van der Waals surface area contributed by atoms with Crippen molar-refractivity contribution in [3.05, 3.63) is 59.8 Å². The van der Waals surface area contributed by atoms with Crippen molar-refractivity contribution in [1.29, 1.82) is 0 Å². The third-order valence-corrected chi connectivity index (χ3v) is 5.47. The van der Waals surface area contributed by atoms with E-state index < -0.39 is 12.0 Å². The highest BCUT2D eigenvalue weighted by molar-refractivity contribution is 6.03. The van der Waals surface area contributed by atoms with Crippen molar-refractivity contribution in [3.63, 3.8) is 0 Å². The van der Waals surface area contributed by atoms with Gasteiger partial charge in [0.1, 0.15) is 0 Å². The number of primary amides is 1. The number of nitrogens with two attached hydrogens (primary N) is 2. The van der Waals surface area contributed by atoms with Crippen LogP contribution in [0.3, 0.4) is 0 Å². The number of alkyl halides is 2. The zero-order chi connectivity index (χ0) is 20.1. The number of benzene rings is 2. The molecule has 3 aromatic rings. The third kappa shape index (κ3) is 2.95. The molecule has 0 spiro atoms. The molecule has 0 unspecified atom stereocenters. The molecule has 0 saturated carbocycles. The second-order valence-corrected chi connectivity index (χ2v) is 7.25. The number of aromatic nitrogens is 1. The summed E-state index contributed by atoms with van der Waals surface area (Å²) in [7, 11) is 0. The second-order valence-electron chi connectivity index (χ2n) is 7.25. The van der Waals surface area contributed by atoms with E-state index in [1.54, 1.807) is 0 Å². The van der Waals surface area contributed by atoms with Crippen molar-refractivity contribution < 1.29 is 13.6 Å². The summed E-state index contributed by atoms with van der Waals surface area (Å²) in [5.74, 6) is -2.70. The number of fused-ring (bicyclic) bond motifs is 1. The molecule has 1 heterocycles. The van der Waals surface area contributed by atoms with Crippen LogP contribution in [0.4, 0.5) is 19.3 Å². The van der Waals surface area contributed by atoms with E-state index in [-0.39, 0.29) is 19.3 Å². The zero-order valence-electron chi connectivity index (χ0n) is 15.5. The predicted octanol–water partition coefficient (Wildman–Crippen LogP) is 5.33. The lowest BCUT2D eigenvalue weighted by Crippen LogP contribution is -2.23. The average Bonchev–Trinajstić information content (AvgIpc) is 3.04. The van der Waals surface area contributed by atoms with Gasteiger partial charge in [-0.05, 0) is 53.8 Å². The molecule has 1 amide bonds. The number of allylic oxidation sites excluding steroid dienone is 2. The number of nitrogens with zero attached hydrogens (tertiary/aromatic N) is 1. The zero-order valence-corrected chi connectivity index (χ0v) is 15.5. The molecule has 0 atom stereocenters. The first-order valence-electron chi connectivity index (χ1n) is 9.15. The fraction of sp³-hybridized carbons (Fsp3) is 0.227. The Balaban J connectivity index is 1.96. The molecular formula is C22H21F2N3O. The summed E-state index contributed by atoms with van der Waals surface area (Å²) < 4.78 is 28.6. The minimum atomic E-state index is -2.70. The fourth-order valence-electron chi connectivity index (χ4n) is 3.91. The van der Waals surface area contributed by atoms with Gasteiger partial charge in [-0.2, -0.15) is 0 Å². The number of halogens is 2. The second kappa shape index (κ2) is 6.48. The average molecular weight is 381 g/mol. The van der Waals surface area contributed by atoms with E-state index >= 15 is 0 Å². The molecule has 0 radical (unpaired) electrons. The molecule has 4 nitrogen and oxygen atoms in total. The van der Waals surface area contributed by atoms with Crippen LogP contribution < -0.4 is 11.5 Å². The number of carbonyl (C=O) groups excluding carboxylic acids is 1. The molecule has 144 valence electrons. The molecule has 0 saturated heterocycles. The van der Waals surface area contributed by atoms with Crippen LogP contribution in [-0.2, 0) is 0 Å². The minimum Gasteiger partial charge on any atom is -0.398 e. The number of nitrogen functional groups attached to an aromatic ring is 1. The lowest BCUT2D eigenvalue weighted by Gasteiger charge is -2.21. The molecule has 0 fully saturated rings. The standard InChI is InChI=1S/C22H21F2N3O/c1-13-15(4-2-6-18(13)25)16-5-3-7-19-17(16)12-20(27(19)21(26)28)14-8-10-22(23,24)11-9-14/h2-8,12H,9-11,25H2,1H3,(H2,26,28). The van der Waals surface area contributed by atoms with Gasteiger partial charge in [0, 0.05) is 23.9 Å². The molecular weight excluding hydrogens is 360 g/mol. The Morgan fingerprint density at radius 3 is 2.54 bits per heavy atom. The van der Waals surface area contributed by atoms with E-state index in [0.29, 0.717) is 16.9 Å². The molecule has 28 heavy (non-hydrogen) atoms. The summed E-state index contributed by atoms with van der Waals surface area (Å²) in [6.45, 7) is 1.95. The van der Waals surface area contributed by atoms with Crippen LogP contribution in [0.15, 0.2) is 48.5 Å². The van der Waals surface area contributed by atoms with E-state index in [9.17, 15) is 13.6 Å². The maximum Gasteiger partial charge on any atom is 0.323 e. The van der Waals surface area contributed by atoms with Crippen LogP contribution in [0.5, 0.6) is 0 Å². The summed E-state index contributed by atoms with van der Waals surface area (Å²) in [4.78, 5) is 12.2. The third-order valence-electron chi connectivity index (χ3n) is 5.47. The largest absolute Gasteiger partial charge is 0.398 e. The number of rotatable bonds is 2. The number of carbonyl (C=O) groups is 1. The van der Waals surface area contributed by atoms with Crippen molar-refractivity contribution in [3.8, 4) is 11.1 Å². The molecule has 2 aromatic carbocycles. The van der Waals surface area contributed by atoms with Gasteiger partial charge in [-0.15, -0.1) is 0 Å². The first kappa shape index (κ1) is 18.2. The summed E-state index contributed by atoms with van der Waals surface area (Å²) in [5.41, 5.74) is 17.2. The number of amides is 1. The van der Waals surface area contributed by atoms with E-state index in [0.717, 1.165) is 27.6 Å². The summed E-state index contributed by atoms with van der Waals surface area (Å²) in [6, 6.07) is 12.6. The van der Waals surface area contributed by atoms with E-state index in [2.05, 4.69) is 0 Å². The van der Waals surface area contributed by atoms with Crippen LogP contribution in [0.25, 0.3) is 27.6 Å². The highest BCUT2D eigenvalue weighted by Crippen LogP contribution is 2.40. The quantitative estimate of drug-likeness (QED) is 0.589. The number of hydrogen-bond acceptors (Lipinski definition) is 2. The fourth-order valence-corrected chi connectivity index (χ4v) is 3.91. The minimum absolute atomic E-state index is 0.198. The number of anilines is 1. The Bertz CT molecular complexity index is 1130. The summed E-state index contributed by atoms with van der Waals surface area (Å²) in [5, 5.41) is 0.836. The first-order chi connectivity index (χ1) is 13.3. The van der Waals surface area contributed by atoms with Crippen molar-refractivity contribution in [2.24, 2.45) is 5.73 Å². The molecule has 4 rings (SSSR count). The van der Waals surface area contributed by atoms with Crippen molar-refractivity contribution in [2.45, 2.75) is 32.1 Å². The molecule has 1 aliphatic rings. The van der Waals surface area contributed by atoms with Crippen LogP contribution >= 0.6 is 0 Å². The van der Waals surface area contributed by atoms with Crippen molar-refractivity contribution >= 4 is 28.2 Å². The SMILES string of the molecule is Cc1c(N)cccc1-c1cccc2c1cc(C1=CCC(F)(F)CC1)n2C(N)=O. The Labute approximate surface area is 161 Å².